The van der Waals surface area contributed by atoms with Gasteiger partial charge in [0.2, 0.25) is 0 Å². The molecule has 0 fully saturated rings. The first kappa shape index (κ1) is 18.4. The van der Waals surface area contributed by atoms with Crippen LogP contribution >= 0.6 is 0 Å². The molecule has 2 aromatic carbocycles. The zero-order valence-electron chi connectivity index (χ0n) is 15.1. The summed E-state index contributed by atoms with van der Waals surface area (Å²) in [5, 5.41) is 9.68. The molecular formula is C21H20FN3O2. The van der Waals surface area contributed by atoms with E-state index in [2.05, 4.69) is 22.7 Å². The number of anilines is 2. The van der Waals surface area contributed by atoms with Gasteiger partial charge >= 0.3 is 0 Å². The Bertz CT molecular complexity index is 944. The van der Waals surface area contributed by atoms with Crippen LogP contribution in [0, 0.1) is 12.7 Å². The van der Waals surface area contributed by atoms with Crippen molar-refractivity contribution in [1.82, 2.24) is 5.16 Å². The van der Waals surface area contributed by atoms with Crippen LogP contribution in [-0.4, -0.2) is 11.1 Å². The van der Waals surface area contributed by atoms with Gasteiger partial charge in [0.25, 0.3) is 5.91 Å². The van der Waals surface area contributed by atoms with E-state index in [0.29, 0.717) is 17.1 Å². The number of carbonyl (C=O) groups is 1. The number of aromatic nitrogens is 1. The van der Waals surface area contributed by atoms with Gasteiger partial charge in [-0.05, 0) is 55.3 Å². The number of aryl methyl sites for hydroxylation is 2. The van der Waals surface area contributed by atoms with Crippen LogP contribution in [0.5, 0.6) is 0 Å². The third kappa shape index (κ3) is 4.82. The lowest BCUT2D eigenvalue weighted by atomic mass is 10.1. The van der Waals surface area contributed by atoms with E-state index in [4.69, 9.17) is 4.52 Å². The lowest BCUT2D eigenvalue weighted by Gasteiger charge is -2.08. The highest BCUT2D eigenvalue weighted by Gasteiger charge is 2.17. The van der Waals surface area contributed by atoms with Crippen molar-refractivity contribution in [2.75, 3.05) is 10.6 Å². The summed E-state index contributed by atoms with van der Waals surface area (Å²) in [6, 6.07) is 15.2. The summed E-state index contributed by atoms with van der Waals surface area (Å²) >= 11 is 0. The molecule has 0 saturated heterocycles. The first-order valence-electron chi connectivity index (χ1n) is 8.61. The van der Waals surface area contributed by atoms with Crippen molar-refractivity contribution >= 4 is 22.9 Å². The molecule has 0 radical (unpaired) electrons. The van der Waals surface area contributed by atoms with Crippen LogP contribution in [0.15, 0.2) is 65.3 Å². The Labute approximate surface area is 156 Å². The number of hydrogen-bond donors (Lipinski definition) is 2. The number of nitrogens with one attached hydrogen (secondary N) is 2. The Hall–Kier alpha value is -3.41. The molecule has 0 bridgehead atoms. The highest BCUT2D eigenvalue weighted by atomic mass is 19.1. The van der Waals surface area contributed by atoms with Crippen molar-refractivity contribution in [1.29, 1.82) is 0 Å². The predicted octanol–water partition coefficient (Wildman–Crippen LogP) is 4.78. The van der Waals surface area contributed by atoms with Gasteiger partial charge in [0.1, 0.15) is 11.4 Å². The fourth-order valence-electron chi connectivity index (χ4n) is 2.46. The van der Waals surface area contributed by atoms with E-state index >= 15 is 0 Å². The molecule has 1 amide bonds. The number of halogens is 1. The molecule has 1 aromatic heterocycles. The molecule has 5 nitrogen and oxygen atoms in total. The molecule has 0 unspecified atom stereocenters. The Morgan fingerprint density at radius 3 is 2.37 bits per heavy atom. The largest absolute Gasteiger partial charge is 0.361 e. The number of benzene rings is 2. The highest BCUT2D eigenvalue weighted by molar-refractivity contribution is 6.24. The SMILES string of the molecule is CCc1ccc(N/C=C(\C(=O)Nc2ccc(F)cc2)c2cc(C)no2)cc1. The molecule has 0 aliphatic heterocycles. The van der Waals surface area contributed by atoms with Crippen LogP contribution in [0.1, 0.15) is 23.9 Å². The van der Waals surface area contributed by atoms with Gasteiger partial charge in [-0.25, -0.2) is 4.39 Å². The molecule has 3 rings (SSSR count). The summed E-state index contributed by atoms with van der Waals surface area (Å²) in [5.41, 5.74) is 3.49. The average molecular weight is 365 g/mol. The minimum absolute atomic E-state index is 0.277. The van der Waals surface area contributed by atoms with Gasteiger partial charge in [-0.3, -0.25) is 4.79 Å². The molecule has 0 aliphatic rings. The second kappa shape index (κ2) is 8.31. The maximum absolute atomic E-state index is 13.1. The lowest BCUT2D eigenvalue weighted by molar-refractivity contribution is -0.111. The minimum Gasteiger partial charge on any atom is -0.361 e. The van der Waals surface area contributed by atoms with Gasteiger partial charge < -0.3 is 15.2 Å². The fraction of sp³-hybridized carbons (Fsp3) is 0.143. The average Bonchev–Trinajstić information content (AvgIpc) is 3.10. The summed E-state index contributed by atoms with van der Waals surface area (Å²) in [5.74, 6) is -0.424. The van der Waals surface area contributed by atoms with Crippen molar-refractivity contribution in [3.05, 3.63) is 83.6 Å². The van der Waals surface area contributed by atoms with Gasteiger partial charge in [0.15, 0.2) is 5.76 Å². The summed E-state index contributed by atoms with van der Waals surface area (Å²) in [6.07, 6.45) is 2.53. The standard InChI is InChI=1S/C21H20FN3O2/c1-3-15-4-8-17(9-5-15)23-13-19(20-12-14(2)25-27-20)21(26)24-18-10-6-16(22)7-11-18/h4-13,23H,3H2,1-2H3,(H,24,26)/b19-13-. The Morgan fingerprint density at radius 1 is 1.11 bits per heavy atom. The number of nitrogens with zero attached hydrogens (tertiary/aromatic N) is 1. The molecule has 27 heavy (non-hydrogen) atoms. The normalized spacial score (nSPS) is 11.3. The molecule has 2 N–H and O–H groups in total. The third-order valence-electron chi connectivity index (χ3n) is 3.99. The van der Waals surface area contributed by atoms with Gasteiger partial charge in [-0.1, -0.05) is 24.2 Å². The van der Waals surface area contributed by atoms with Crippen molar-refractivity contribution in [2.45, 2.75) is 20.3 Å². The quantitative estimate of drug-likeness (QED) is 0.617. The van der Waals surface area contributed by atoms with E-state index in [-0.39, 0.29) is 11.4 Å². The van der Waals surface area contributed by atoms with E-state index in [1.165, 1.54) is 29.8 Å². The predicted molar refractivity (Wildman–Crippen MR) is 104 cm³/mol. The second-order valence-corrected chi connectivity index (χ2v) is 6.05. The minimum atomic E-state index is -0.393. The summed E-state index contributed by atoms with van der Waals surface area (Å²) in [4.78, 5) is 12.7. The number of rotatable bonds is 6. The van der Waals surface area contributed by atoms with Crippen molar-refractivity contribution < 1.29 is 13.7 Å². The van der Waals surface area contributed by atoms with Gasteiger partial charge in [-0.2, -0.15) is 0 Å². The maximum atomic E-state index is 13.1. The van der Waals surface area contributed by atoms with Crippen LogP contribution in [0.4, 0.5) is 15.8 Å². The summed E-state index contributed by atoms with van der Waals surface area (Å²) in [6.45, 7) is 3.87. The Kier molecular flexibility index (Phi) is 5.66. The lowest BCUT2D eigenvalue weighted by Crippen LogP contribution is -2.14. The molecule has 0 aliphatic carbocycles. The van der Waals surface area contributed by atoms with E-state index in [1.54, 1.807) is 19.2 Å². The summed E-state index contributed by atoms with van der Waals surface area (Å²) < 4.78 is 18.3. The smallest absolute Gasteiger partial charge is 0.261 e. The van der Waals surface area contributed by atoms with Crippen LogP contribution in [0.3, 0.4) is 0 Å². The van der Waals surface area contributed by atoms with Crippen molar-refractivity contribution in [3.63, 3.8) is 0 Å². The Balaban J connectivity index is 1.83. The van der Waals surface area contributed by atoms with E-state index in [9.17, 15) is 9.18 Å². The zero-order valence-corrected chi connectivity index (χ0v) is 15.1. The Morgan fingerprint density at radius 2 is 1.78 bits per heavy atom. The first-order chi connectivity index (χ1) is 13.0. The van der Waals surface area contributed by atoms with E-state index in [1.807, 2.05) is 24.3 Å². The monoisotopic (exact) mass is 365 g/mol. The fourth-order valence-corrected chi connectivity index (χ4v) is 2.46. The zero-order chi connectivity index (χ0) is 19.2. The van der Waals surface area contributed by atoms with Gasteiger partial charge in [0.05, 0.1) is 5.69 Å². The van der Waals surface area contributed by atoms with E-state index < -0.39 is 5.91 Å². The molecule has 138 valence electrons. The maximum Gasteiger partial charge on any atom is 0.261 e. The number of amides is 1. The summed E-state index contributed by atoms with van der Waals surface area (Å²) in [7, 11) is 0. The second-order valence-electron chi connectivity index (χ2n) is 6.05. The van der Waals surface area contributed by atoms with Crippen LogP contribution in [0.2, 0.25) is 0 Å². The van der Waals surface area contributed by atoms with E-state index in [0.717, 1.165) is 12.1 Å². The van der Waals surface area contributed by atoms with Crippen molar-refractivity contribution in [3.8, 4) is 0 Å². The third-order valence-corrected chi connectivity index (χ3v) is 3.99. The molecule has 0 atom stereocenters. The highest BCUT2D eigenvalue weighted by Crippen LogP contribution is 2.20. The van der Waals surface area contributed by atoms with Crippen molar-refractivity contribution in [2.24, 2.45) is 0 Å². The molecule has 3 aromatic rings. The van der Waals surface area contributed by atoms with Crippen LogP contribution in [0.25, 0.3) is 5.57 Å². The molecule has 0 spiro atoms. The number of carbonyl (C=O) groups excluding carboxylic acids is 1. The topological polar surface area (TPSA) is 67.2 Å². The molecular weight excluding hydrogens is 345 g/mol. The molecule has 6 heteroatoms. The first-order valence-corrected chi connectivity index (χ1v) is 8.61. The molecule has 1 heterocycles. The van der Waals surface area contributed by atoms with Crippen LogP contribution < -0.4 is 10.6 Å². The molecule has 0 saturated carbocycles. The number of hydrogen-bond acceptors (Lipinski definition) is 4. The van der Waals surface area contributed by atoms with Crippen LogP contribution in [-0.2, 0) is 11.2 Å². The van der Waals surface area contributed by atoms with Gasteiger partial charge in [-0.15, -0.1) is 0 Å². The van der Waals surface area contributed by atoms with Gasteiger partial charge in [0, 0.05) is 23.6 Å².